The van der Waals surface area contributed by atoms with E-state index in [2.05, 4.69) is 219 Å². The summed E-state index contributed by atoms with van der Waals surface area (Å²) in [6, 6.07) is 69.1. The van der Waals surface area contributed by atoms with Crippen LogP contribution in [0, 0.1) is 0 Å². The zero-order chi connectivity index (χ0) is 36.2. The van der Waals surface area contributed by atoms with E-state index in [4.69, 9.17) is 0 Å². The molecule has 8 aromatic carbocycles. The predicted molar refractivity (Wildman–Crippen MR) is 229 cm³/mol. The molecule has 0 aromatic heterocycles. The van der Waals surface area contributed by atoms with Crippen molar-refractivity contribution >= 4 is 33.4 Å². The quantitative estimate of drug-likeness (QED) is 0.168. The third-order valence-electron chi connectivity index (χ3n) is 11.6. The normalized spacial score (nSPS) is 15.5. The lowest BCUT2D eigenvalue weighted by atomic mass is 9.69. The summed E-state index contributed by atoms with van der Waals surface area (Å²) in [6.07, 6.45) is 4.50. The first-order valence-corrected chi connectivity index (χ1v) is 18.9. The van der Waals surface area contributed by atoms with E-state index in [1.165, 1.54) is 77.6 Å². The predicted octanol–water partition coefficient (Wildman–Crippen LogP) is 14.3. The van der Waals surface area contributed by atoms with Crippen molar-refractivity contribution < 1.29 is 0 Å². The fraction of sp³-hybridized carbons (Fsp3) is 0.0566. The van der Waals surface area contributed by atoms with Crippen molar-refractivity contribution in [2.24, 2.45) is 0 Å². The minimum atomic E-state index is -0.438. The van der Waals surface area contributed by atoms with Crippen LogP contribution in [0.15, 0.2) is 206 Å². The van der Waals surface area contributed by atoms with Gasteiger partial charge in [0.25, 0.3) is 0 Å². The van der Waals surface area contributed by atoms with Crippen LogP contribution >= 0.6 is 0 Å². The molecule has 8 aromatic rings. The average Bonchev–Trinajstić information content (AvgIpc) is 3.67. The molecule has 1 atom stereocenters. The molecular formula is C53H39N. The first-order chi connectivity index (χ1) is 26.7. The highest BCUT2D eigenvalue weighted by molar-refractivity contribution is 6.04. The molecule has 0 saturated carbocycles. The number of benzene rings is 8. The Morgan fingerprint density at radius 3 is 1.63 bits per heavy atom. The first kappa shape index (κ1) is 32.0. The Morgan fingerprint density at radius 2 is 0.981 bits per heavy atom. The van der Waals surface area contributed by atoms with Crippen LogP contribution < -0.4 is 4.90 Å². The molecule has 10 rings (SSSR count). The highest BCUT2D eigenvalue weighted by Crippen LogP contribution is 2.64. The molecule has 1 unspecified atom stereocenters. The van der Waals surface area contributed by atoms with E-state index in [1.54, 1.807) is 0 Å². The molecule has 0 amide bonds. The summed E-state index contributed by atoms with van der Waals surface area (Å²) in [5.41, 5.74) is 18.5. The van der Waals surface area contributed by atoms with Crippen LogP contribution in [0.2, 0.25) is 0 Å². The topological polar surface area (TPSA) is 3.24 Å². The third kappa shape index (κ3) is 4.79. The Labute approximate surface area is 317 Å². The van der Waals surface area contributed by atoms with Gasteiger partial charge >= 0.3 is 0 Å². The lowest BCUT2D eigenvalue weighted by molar-refractivity contribution is 0.773. The Bertz CT molecular complexity index is 2670. The summed E-state index contributed by atoms with van der Waals surface area (Å²) in [6.45, 7) is 4.49. The van der Waals surface area contributed by atoms with Crippen molar-refractivity contribution in [1.82, 2.24) is 0 Å². The highest BCUT2D eigenvalue weighted by Gasteiger charge is 2.52. The summed E-state index contributed by atoms with van der Waals surface area (Å²) in [5.74, 6) is 0. The fourth-order valence-corrected chi connectivity index (χ4v) is 9.27. The van der Waals surface area contributed by atoms with E-state index in [1.807, 2.05) is 0 Å². The van der Waals surface area contributed by atoms with E-state index in [0.29, 0.717) is 0 Å². The number of hydrogen-bond acceptors (Lipinski definition) is 1. The summed E-state index contributed by atoms with van der Waals surface area (Å²) in [7, 11) is 0. The summed E-state index contributed by atoms with van der Waals surface area (Å²) >= 11 is 0. The maximum Gasteiger partial charge on any atom is 0.0692 e. The molecule has 0 heterocycles. The fourth-order valence-electron chi connectivity index (χ4n) is 9.27. The average molecular weight is 690 g/mol. The highest BCUT2D eigenvalue weighted by atomic mass is 15.1. The van der Waals surface area contributed by atoms with Gasteiger partial charge in [-0.15, -0.1) is 0 Å². The Balaban J connectivity index is 1.21. The van der Waals surface area contributed by atoms with Gasteiger partial charge in [-0.3, -0.25) is 0 Å². The van der Waals surface area contributed by atoms with Gasteiger partial charge in [0, 0.05) is 17.1 Å². The van der Waals surface area contributed by atoms with Crippen LogP contribution in [-0.2, 0) is 5.41 Å². The molecule has 0 fully saturated rings. The summed E-state index contributed by atoms with van der Waals surface area (Å²) in [4.78, 5) is 2.42. The molecule has 1 heteroatoms. The Kier molecular flexibility index (Phi) is 7.56. The van der Waals surface area contributed by atoms with Crippen LogP contribution in [0.1, 0.15) is 36.1 Å². The lowest BCUT2D eigenvalue weighted by Gasteiger charge is -2.33. The van der Waals surface area contributed by atoms with Crippen LogP contribution in [0.4, 0.5) is 17.1 Å². The number of rotatable bonds is 6. The van der Waals surface area contributed by atoms with E-state index in [-0.39, 0.29) is 0 Å². The van der Waals surface area contributed by atoms with Crippen molar-refractivity contribution in [2.45, 2.75) is 19.3 Å². The molecule has 0 aliphatic heterocycles. The smallest absolute Gasteiger partial charge is 0.0692 e. The van der Waals surface area contributed by atoms with Gasteiger partial charge in [0.1, 0.15) is 0 Å². The van der Waals surface area contributed by atoms with Crippen molar-refractivity contribution in [2.75, 3.05) is 4.90 Å². The second-order valence-corrected chi connectivity index (χ2v) is 14.4. The molecule has 54 heavy (non-hydrogen) atoms. The van der Waals surface area contributed by atoms with Crippen LogP contribution in [0.5, 0.6) is 0 Å². The lowest BCUT2D eigenvalue weighted by Crippen LogP contribution is -2.27. The Hall–Kier alpha value is -6.70. The first-order valence-electron chi connectivity index (χ1n) is 18.9. The van der Waals surface area contributed by atoms with Crippen molar-refractivity contribution in [3.8, 4) is 33.4 Å². The van der Waals surface area contributed by atoms with E-state index in [0.717, 1.165) is 17.1 Å². The molecule has 1 spiro atoms. The zero-order valence-corrected chi connectivity index (χ0v) is 30.5. The second kappa shape index (κ2) is 12.8. The van der Waals surface area contributed by atoms with Gasteiger partial charge in [0.05, 0.1) is 5.41 Å². The molecule has 2 aliphatic rings. The monoisotopic (exact) mass is 689 g/mol. The van der Waals surface area contributed by atoms with Crippen LogP contribution in [-0.4, -0.2) is 0 Å². The maximum absolute atomic E-state index is 2.49. The van der Waals surface area contributed by atoms with Gasteiger partial charge < -0.3 is 4.90 Å². The van der Waals surface area contributed by atoms with Gasteiger partial charge in [0.2, 0.25) is 0 Å². The molecule has 0 radical (unpaired) electrons. The molecule has 1 nitrogen and oxygen atoms in total. The Morgan fingerprint density at radius 1 is 0.444 bits per heavy atom. The largest absolute Gasteiger partial charge is 0.310 e. The standard InChI is InChI=1S/C53H39N/c1-3-14-45-36(2)53(50-22-13-12-21-47(45)50)51-35-44(32-34-48(51)49-33-27-41-19-10-11-20-46(41)52(49)53)54(42-28-23-39(24-29-42)37-15-6-4-7-16-37)43-30-25-40(26-31-43)38-17-8-5-9-18-38/h3-35H,1-2H3/b14-3-. The van der Waals surface area contributed by atoms with Gasteiger partial charge in [0.15, 0.2) is 0 Å². The maximum atomic E-state index is 2.49. The molecule has 0 saturated heterocycles. The number of allylic oxidation sites excluding steroid dienone is 4. The van der Waals surface area contributed by atoms with E-state index < -0.39 is 5.41 Å². The number of hydrogen-bond donors (Lipinski definition) is 0. The molecular weight excluding hydrogens is 651 g/mol. The van der Waals surface area contributed by atoms with Crippen molar-refractivity contribution in [1.29, 1.82) is 0 Å². The second-order valence-electron chi connectivity index (χ2n) is 14.4. The molecule has 0 bridgehead atoms. The number of nitrogens with zero attached hydrogens (tertiary/aromatic N) is 1. The van der Waals surface area contributed by atoms with Gasteiger partial charge in [-0.05, 0) is 128 Å². The van der Waals surface area contributed by atoms with Gasteiger partial charge in [-0.2, -0.15) is 0 Å². The minimum absolute atomic E-state index is 0.438. The summed E-state index contributed by atoms with van der Waals surface area (Å²) in [5, 5.41) is 2.58. The van der Waals surface area contributed by atoms with Crippen molar-refractivity contribution in [3.05, 3.63) is 228 Å². The molecule has 2 aliphatic carbocycles. The van der Waals surface area contributed by atoms with Gasteiger partial charge in [-0.25, -0.2) is 0 Å². The van der Waals surface area contributed by atoms with E-state index >= 15 is 0 Å². The molecule has 0 N–H and O–H groups in total. The minimum Gasteiger partial charge on any atom is -0.310 e. The van der Waals surface area contributed by atoms with Gasteiger partial charge in [-0.1, -0.05) is 164 Å². The van der Waals surface area contributed by atoms with Crippen LogP contribution in [0.3, 0.4) is 0 Å². The molecule has 256 valence electrons. The van der Waals surface area contributed by atoms with Crippen LogP contribution in [0.25, 0.3) is 49.7 Å². The summed E-state index contributed by atoms with van der Waals surface area (Å²) < 4.78 is 0. The van der Waals surface area contributed by atoms with E-state index in [9.17, 15) is 0 Å². The SMILES string of the molecule is C/C=C\C1=C(C)C2(c3ccccc31)c1cc(N(c3ccc(-c4ccccc4)cc3)c3ccc(-c4ccccc4)cc3)ccc1-c1ccc3ccccc3c12. The zero-order valence-electron chi connectivity index (χ0n) is 30.5. The van der Waals surface area contributed by atoms with Crippen molar-refractivity contribution in [3.63, 3.8) is 0 Å². The number of anilines is 3. The number of fused-ring (bicyclic) bond motifs is 9. The third-order valence-corrected chi connectivity index (χ3v) is 11.6.